The van der Waals surface area contributed by atoms with Crippen molar-refractivity contribution in [3.8, 4) is 5.82 Å². The van der Waals surface area contributed by atoms with Gasteiger partial charge in [-0.15, -0.1) is 0 Å². The molecule has 0 aliphatic carbocycles. The van der Waals surface area contributed by atoms with Crippen molar-refractivity contribution < 1.29 is 9.53 Å². The second kappa shape index (κ2) is 8.26. The minimum Gasteiger partial charge on any atom is -0.490 e. The number of ether oxygens (including phenoxy) is 1. The molecule has 0 fully saturated rings. The van der Waals surface area contributed by atoms with Crippen molar-refractivity contribution in [2.75, 3.05) is 5.32 Å². The summed E-state index contributed by atoms with van der Waals surface area (Å²) in [6, 6.07) is 13.7. The van der Waals surface area contributed by atoms with Gasteiger partial charge in [0.15, 0.2) is 17.7 Å². The first-order chi connectivity index (χ1) is 14.1. The summed E-state index contributed by atoms with van der Waals surface area (Å²) >= 11 is 0. The lowest BCUT2D eigenvalue weighted by atomic mass is 10.1. The highest BCUT2D eigenvalue weighted by molar-refractivity contribution is 5.90. The van der Waals surface area contributed by atoms with Crippen molar-refractivity contribution in [3.63, 3.8) is 0 Å². The van der Waals surface area contributed by atoms with Crippen molar-refractivity contribution in [3.05, 3.63) is 77.6 Å². The van der Waals surface area contributed by atoms with Crippen LogP contribution < -0.4 is 5.32 Å². The van der Waals surface area contributed by atoms with E-state index in [-0.39, 0.29) is 12.0 Å². The highest BCUT2D eigenvalue weighted by atomic mass is 16.5. The molecule has 1 aliphatic heterocycles. The van der Waals surface area contributed by atoms with Gasteiger partial charge in [0.25, 0.3) is 0 Å². The normalized spacial score (nSPS) is 15.3. The maximum atomic E-state index is 12.5. The molecule has 148 valence electrons. The van der Waals surface area contributed by atoms with Gasteiger partial charge < -0.3 is 10.1 Å². The van der Waals surface area contributed by atoms with E-state index in [1.165, 1.54) is 0 Å². The van der Waals surface area contributed by atoms with E-state index in [0.717, 1.165) is 17.0 Å². The summed E-state index contributed by atoms with van der Waals surface area (Å²) in [5.41, 5.74) is 2.98. The zero-order valence-corrected chi connectivity index (χ0v) is 16.5. The Hall–Kier alpha value is -3.48. The highest BCUT2D eigenvalue weighted by Crippen LogP contribution is 2.26. The summed E-state index contributed by atoms with van der Waals surface area (Å²) in [6.45, 7) is 3.90. The molecule has 0 radical (unpaired) electrons. The third kappa shape index (κ3) is 4.51. The number of hydrogen-bond donors (Lipinski definition) is 1. The summed E-state index contributed by atoms with van der Waals surface area (Å²) in [6.07, 6.45) is 5.07. The van der Waals surface area contributed by atoms with E-state index < -0.39 is 0 Å². The molecule has 0 saturated carbocycles. The van der Waals surface area contributed by atoms with E-state index in [2.05, 4.69) is 20.4 Å². The van der Waals surface area contributed by atoms with Crippen LogP contribution in [-0.4, -0.2) is 25.7 Å². The van der Waals surface area contributed by atoms with Gasteiger partial charge in [-0.05, 0) is 38.0 Å². The number of nitrogens with zero attached hydrogens (tertiary/aromatic N) is 4. The maximum Gasteiger partial charge on any atom is 0.225 e. The lowest BCUT2D eigenvalue weighted by Gasteiger charge is -2.14. The average Bonchev–Trinajstić information content (AvgIpc) is 3.36. The number of anilines is 1. The largest absolute Gasteiger partial charge is 0.490 e. The van der Waals surface area contributed by atoms with Gasteiger partial charge in [-0.25, -0.2) is 14.6 Å². The Morgan fingerprint density at radius 2 is 2.03 bits per heavy atom. The molecule has 0 saturated heterocycles. The van der Waals surface area contributed by atoms with Crippen molar-refractivity contribution in [1.82, 2.24) is 19.7 Å². The van der Waals surface area contributed by atoms with E-state index >= 15 is 0 Å². The molecule has 1 amide bonds. The fourth-order valence-electron chi connectivity index (χ4n) is 3.29. The number of benzene rings is 1. The number of hydrogen-bond acceptors (Lipinski definition) is 5. The summed E-state index contributed by atoms with van der Waals surface area (Å²) in [7, 11) is 0. The minimum absolute atomic E-state index is 0.0942. The Morgan fingerprint density at radius 3 is 2.72 bits per heavy atom. The molecule has 1 aliphatic rings. The van der Waals surface area contributed by atoms with Crippen molar-refractivity contribution in [2.45, 2.75) is 39.2 Å². The topological polar surface area (TPSA) is 81.9 Å². The Kier molecular flexibility index (Phi) is 5.37. The van der Waals surface area contributed by atoms with Gasteiger partial charge in [-0.3, -0.25) is 4.79 Å². The van der Waals surface area contributed by atoms with Crippen LogP contribution in [0.25, 0.3) is 5.82 Å². The van der Waals surface area contributed by atoms with Crippen molar-refractivity contribution >= 4 is 11.7 Å². The number of aryl methyl sites for hydroxylation is 3. The molecule has 0 bridgehead atoms. The monoisotopic (exact) mass is 389 g/mol. The number of carbonyl (C=O) groups excluding carboxylic acids is 1. The highest BCUT2D eigenvalue weighted by Gasteiger charge is 2.21. The number of nitrogens with one attached hydrogen (secondary N) is 1. The molecule has 3 heterocycles. The van der Waals surface area contributed by atoms with Gasteiger partial charge in [0.1, 0.15) is 5.82 Å². The number of aromatic nitrogens is 4. The molecule has 1 unspecified atom stereocenters. The van der Waals surface area contributed by atoms with Crippen LogP contribution in [0.3, 0.4) is 0 Å². The Bertz CT molecular complexity index is 1030. The van der Waals surface area contributed by atoms with Crippen molar-refractivity contribution in [2.24, 2.45) is 0 Å². The maximum absolute atomic E-state index is 12.5. The van der Waals surface area contributed by atoms with Gasteiger partial charge in [0, 0.05) is 24.6 Å². The van der Waals surface area contributed by atoms with Crippen LogP contribution in [-0.2, 0) is 16.0 Å². The predicted octanol–water partition coefficient (Wildman–Crippen LogP) is 3.83. The summed E-state index contributed by atoms with van der Waals surface area (Å²) in [4.78, 5) is 21.7. The Morgan fingerprint density at radius 1 is 1.21 bits per heavy atom. The third-order valence-corrected chi connectivity index (χ3v) is 4.68. The first-order valence-electron chi connectivity index (χ1n) is 9.65. The SMILES string of the molecule is Cc1cc(C)n(-c2cc(NC(=O)CCc3ccccc3)nc(C3CC=CO3)n2)n1. The lowest BCUT2D eigenvalue weighted by molar-refractivity contribution is -0.116. The van der Waals surface area contributed by atoms with Gasteiger partial charge in [0.2, 0.25) is 5.91 Å². The summed E-state index contributed by atoms with van der Waals surface area (Å²) in [5.74, 6) is 1.49. The Balaban J connectivity index is 1.56. The van der Waals surface area contributed by atoms with Gasteiger partial charge in [0.05, 0.1) is 12.0 Å². The van der Waals surface area contributed by atoms with Crippen LogP contribution in [0.5, 0.6) is 0 Å². The van der Waals surface area contributed by atoms with E-state index in [9.17, 15) is 4.79 Å². The molecule has 4 rings (SSSR count). The van der Waals surface area contributed by atoms with Crippen LogP contribution in [0, 0.1) is 13.8 Å². The molecule has 1 atom stereocenters. The first kappa shape index (κ1) is 18.9. The zero-order valence-electron chi connectivity index (χ0n) is 16.5. The molecule has 7 nitrogen and oxygen atoms in total. The fraction of sp³-hybridized carbons (Fsp3) is 0.273. The zero-order chi connectivity index (χ0) is 20.2. The van der Waals surface area contributed by atoms with Gasteiger partial charge in [-0.1, -0.05) is 30.3 Å². The van der Waals surface area contributed by atoms with Crippen LogP contribution in [0.2, 0.25) is 0 Å². The summed E-state index contributed by atoms with van der Waals surface area (Å²) < 4.78 is 7.34. The standard InChI is InChI=1S/C22H23N5O2/c1-15-13-16(2)27(26-15)20-14-19(24-22(25-20)18-9-6-12-29-18)23-21(28)11-10-17-7-4-3-5-8-17/h3-8,12-14,18H,9-11H2,1-2H3,(H,23,24,25,28). The molecule has 3 aromatic rings. The lowest BCUT2D eigenvalue weighted by Crippen LogP contribution is -2.17. The smallest absolute Gasteiger partial charge is 0.225 e. The average molecular weight is 389 g/mol. The molecule has 1 N–H and O–H groups in total. The van der Waals surface area contributed by atoms with Crippen molar-refractivity contribution in [1.29, 1.82) is 0 Å². The molecular weight excluding hydrogens is 366 g/mol. The van der Waals surface area contributed by atoms with E-state index in [4.69, 9.17) is 4.74 Å². The van der Waals surface area contributed by atoms with E-state index in [1.807, 2.05) is 56.3 Å². The number of carbonyl (C=O) groups is 1. The Labute approximate surface area is 169 Å². The van der Waals surface area contributed by atoms with Gasteiger partial charge in [-0.2, -0.15) is 5.10 Å². The third-order valence-electron chi connectivity index (χ3n) is 4.68. The minimum atomic E-state index is -0.258. The molecular formula is C22H23N5O2. The van der Waals surface area contributed by atoms with Crippen LogP contribution in [0.15, 0.2) is 54.8 Å². The van der Waals surface area contributed by atoms with Crippen LogP contribution >= 0.6 is 0 Å². The molecule has 2 aromatic heterocycles. The first-order valence-corrected chi connectivity index (χ1v) is 9.65. The van der Waals surface area contributed by atoms with Crippen LogP contribution in [0.1, 0.15) is 41.7 Å². The second-order valence-electron chi connectivity index (χ2n) is 7.07. The quantitative estimate of drug-likeness (QED) is 0.693. The molecule has 0 spiro atoms. The fourth-order valence-corrected chi connectivity index (χ4v) is 3.29. The van der Waals surface area contributed by atoms with E-state index in [1.54, 1.807) is 17.0 Å². The second-order valence-corrected chi connectivity index (χ2v) is 7.07. The molecule has 29 heavy (non-hydrogen) atoms. The summed E-state index contributed by atoms with van der Waals surface area (Å²) in [5, 5.41) is 7.41. The number of rotatable bonds is 6. The molecule has 7 heteroatoms. The number of amides is 1. The molecule has 1 aromatic carbocycles. The van der Waals surface area contributed by atoms with Crippen LogP contribution in [0.4, 0.5) is 5.82 Å². The predicted molar refractivity (Wildman–Crippen MR) is 110 cm³/mol. The van der Waals surface area contributed by atoms with Gasteiger partial charge >= 0.3 is 0 Å². The van der Waals surface area contributed by atoms with E-state index in [0.29, 0.717) is 36.7 Å².